The maximum absolute atomic E-state index is 11.9. The molecule has 2 aromatic carbocycles. The van der Waals surface area contributed by atoms with Gasteiger partial charge in [-0.05, 0) is 29.8 Å². The number of hydrogen-bond donors (Lipinski definition) is 1. The molecule has 4 heteroatoms. The van der Waals surface area contributed by atoms with E-state index in [1.54, 1.807) is 24.3 Å². The van der Waals surface area contributed by atoms with E-state index in [1.165, 1.54) is 24.3 Å². The van der Waals surface area contributed by atoms with Crippen molar-refractivity contribution in [2.24, 2.45) is 0 Å². The van der Waals surface area contributed by atoms with E-state index in [1.807, 2.05) is 6.07 Å². The van der Waals surface area contributed by atoms with Crippen LogP contribution >= 0.6 is 11.6 Å². The predicted octanol–water partition coefficient (Wildman–Crippen LogP) is 2.74. The van der Waals surface area contributed by atoms with Gasteiger partial charge in [-0.1, -0.05) is 47.4 Å². The lowest BCUT2D eigenvalue weighted by atomic mass is 9.93. The van der Waals surface area contributed by atoms with E-state index >= 15 is 0 Å². The minimum Gasteiger partial charge on any atom is -0.507 e. The summed E-state index contributed by atoms with van der Waals surface area (Å²) in [6.07, 6.45) is 3.01. The Labute approximate surface area is 117 Å². The smallest absolute Gasteiger partial charge is 0.189 e. The van der Waals surface area contributed by atoms with Crippen LogP contribution in [0.15, 0.2) is 48.5 Å². The van der Waals surface area contributed by atoms with Gasteiger partial charge in [-0.15, -0.1) is 0 Å². The zero-order valence-corrected chi connectivity index (χ0v) is 10.8. The number of benzene rings is 2. The largest absolute Gasteiger partial charge is 0.507 e. The van der Waals surface area contributed by atoms with Crippen molar-refractivity contribution in [1.29, 1.82) is 0 Å². The molecule has 0 saturated carbocycles. The zero-order chi connectivity index (χ0) is 13.8. The molecule has 0 atom stereocenters. The molecule has 2 rings (SSSR count). The molecule has 0 aromatic heterocycles. The van der Waals surface area contributed by atoms with Crippen LogP contribution in [0, 0.1) is 0 Å². The Balaban J connectivity index is 2.23. The molecule has 2 radical (unpaired) electrons. The minimum absolute atomic E-state index is 0.0880. The van der Waals surface area contributed by atoms with Gasteiger partial charge in [-0.2, -0.15) is 0 Å². The average molecular weight is 269 g/mol. The number of halogens is 1. The summed E-state index contributed by atoms with van der Waals surface area (Å²) in [5.74, 6) is -0.403. The van der Waals surface area contributed by atoms with Crippen LogP contribution < -0.4 is 5.46 Å². The van der Waals surface area contributed by atoms with E-state index in [2.05, 4.69) is 0 Å². The Morgan fingerprint density at radius 2 is 2.00 bits per heavy atom. The highest BCUT2D eigenvalue weighted by Crippen LogP contribution is 2.17. The van der Waals surface area contributed by atoms with Crippen LogP contribution in [-0.4, -0.2) is 18.7 Å². The Kier molecular flexibility index (Phi) is 4.08. The van der Waals surface area contributed by atoms with E-state index < -0.39 is 0 Å². The summed E-state index contributed by atoms with van der Waals surface area (Å²) in [4.78, 5) is 11.9. The molecule has 0 spiro atoms. The lowest BCUT2D eigenvalue weighted by Crippen LogP contribution is -2.05. The second-order valence-corrected chi connectivity index (χ2v) is 4.47. The topological polar surface area (TPSA) is 37.3 Å². The van der Waals surface area contributed by atoms with Crippen molar-refractivity contribution in [1.82, 2.24) is 0 Å². The molecule has 92 valence electrons. The van der Waals surface area contributed by atoms with Crippen molar-refractivity contribution in [3.05, 3.63) is 64.7 Å². The highest BCUT2D eigenvalue weighted by molar-refractivity contribution is 6.33. The first-order valence-corrected chi connectivity index (χ1v) is 6.00. The van der Waals surface area contributed by atoms with Crippen molar-refractivity contribution in [3.63, 3.8) is 0 Å². The maximum Gasteiger partial charge on any atom is 0.189 e. The standard InChI is InChI=1S/C15H10BClO2/c16-11-5-7-15(19)13(9-11)14(18)6-4-10-2-1-3-12(17)8-10/h1-9,19H/b6-4+. The quantitative estimate of drug-likeness (QED) is 0.528. The molecular formula is C15H10BClO2. The molecule has 0 heterocycles. The first kappa shape index (κ1) is 13.4. The third kappa shape index (κ3) is 3.49. The third-order valence-electron chi connectivity index (χ3n) is 2.56. The third-order valence-corrected chi connectivity index (χ3v) is 2.80. The van der Waals surface area contributed by atoms with Crippen molar-refractivity contribution < 1.29 is 9.90 Å². The number of ketones is 1. The zero-order valence-electron chi connectivity index (χ0n) is 10.0. The monoisotopic (exact) mass is 268 g/mol. The molecule has 0 aliphatic rings. The number of allylic oxidation sites excluding steroid dienone is 1. The van der Waals surface area contributed by atoms with E-state index in [4.69, 9.17) is 19.4 Å². The Morgan fingerprint density at radius 1 is 1.21 bits per heavy atom. The number of carbonyl (C=O) groups is 1. The van der Waals surface area contributed by atoms with Crippen molar-refractivity contribution in [2.45, 2.75) is 0 Å². The Morgan fingerprint density at radius 3 is 2.74 bits per heavy atom. The van der Waals surface area contributed by atoms with Gasteiger partial charge in [0.25, 0.3) is 0 Å². The van der Waals surface area contributed by atoms with Crippen LogP contribution in [0.4, 0.5) is 0 Å². The van der Waals surface area contributed by atoms with Crippen molar-refractivity contribution in [3.8, 4) is 5.75 Å². The highest BCUT2D eigenvalue weighted by atomic mass is 35.5. The molecule has 0 amide bonds. The molecule has 0 aliphatic carbocycles. The molecular weight excluding hydrogens is 258 g/mol. The Hall–Kier alpha value is -2.00. The number of rotatable bonds is 3. The van der Waals surface area contributed by atoms with Crippen LogP contribution in [0.25, 0.3) is 6.08 Å². The van der Waals surface area contributed by atoms with Crippen LogP contribution in [0.1, 0.15) is 15.9 Å². The highest BCUT2D eigenvalue weighted by Gasteiger charge is 2.07. The summed E-state index contributed by atoms with van der Waals surface area (Å²) in [5, 5.41) is 10.2. The van der Waals surface area contributed by atoms with E-state index in [9.17, 15) is 9.90 Å². The predicted molar refractivity (Wildman–Crippen MR) is 78.3 cm³/mol. The number of hydrogen-bond acceptors (Lipinski definition) is 2. The van der Waals surface area contributed by atoms with Crippen molar-refractivity contribution >= 4 is 36.8 Å². The summed E-state index contributed by atoms with van der Waals surface area (Å²) >= 11 is 5.85. The second-order valence-electron chi connectivity index (χ2n) is 4.03. The van der Waals surface area contributed by atoms with Gasteiger partial charge in [-0.3, -0.25) is 4.79 Å². The van der Waals surface area contributed by atoms with Crippen LogP contribution in [0.2, 0.25) is 5.02 Å². The molecule has 2 nitrogen and oxygen atoms in total. The summed E-state index contributed by atoms with van der Waals surface area (Å²) < 4.78 is 0. The first-order valence-electron chi connectivity index (χ1n) is 5.63. The normalized spacial score (nSPS) is 10.8. The van der Waals surface area contributed by atoms with Gasteiger partial charge in [0.05, 0.1) is 5.56 Å². The maximum atomic E-state index is 11.9. The van der Waals surface area contributed by atoms with Gasteiger partial charge >= 0.3 is 0 Å². The molecule has 1 N–H and O–H groups in total. The molecule has 19 heavy (non-hydrogen) atoms. The lowest BCUT2D eigenvalue weighted by Gasteiger charge is -2.02. The van der Waals surface area contributed by atoms with Crippen LogP contribution in [-0.2, 0) is 0 Å². The SMILES string of the molecule is [B]c1ccc(O)c(C(=O)/C=C/c2cccc(Cl)c2)c1. The van der Waals surface area contributed by atoms with Gasteiger partial charge in [-0.25, -0.2) is 0 Å². The minimum atomic E-state index is -0.315. The summed E-state index contributed by atoms with van der Waals surface area (Å²) in [6.45, 7) is 0. The fourth-order valence-corrected chi connectivity index (χ4v) is 1.82. The molecule has 2 aromatic rings. The fraction of sp³-hybridized carbons (Fsp3) is 0. The van der Waals surface area contributed by atoms with Crippen LogP contribution in [0.3, 0.4) is 0 Å². The van der Waals surface area contributed by atoms with Crippen LogP contribution in [0.5, 0.6) is 5.75 Å². The van der Waals surface area contributed by atoms with E-state index in [0.717, 1.165) is 5.56 Å². The second kappa shape index (κ2) is 5.76. The molecule has 0 saturated heterocycles. The average Bonchev–Trinajstić information content (AvgIpc) is 2.39. The summed E-state index contributed by atoms with van der Waals surface area (Å²) in [5.41, 5.74) is 1.42. The van der Waals surface area contributed by atoms with Gasteiger partial charge in [0, 0.05) is 5.02 Å². The number of phenolic OH excluding ortho intramolecular Hbond substituents is 1. The van der Waals surface area contributed by atoms with E-state index in [-0.39, 0.29) is 17.1 Å². The van der Waals surface area contributed by atoms with Gasteiger partial charge in [0.15, 0.2) is 5.78 Å². The first-order chi connectivity index (χ1) is 9.06. The van der Waals surface area contributed by atoms with Gasteiger partial charge < -0.3 is 5.11 Å². The lowest BCUT2D eigenvalue weighted by molar-refractivity contribution is 0.104. The number of aromatic hydroxyl groups is 1. The molecule has 0 fully saturated rings. The van der Waals surface area contributed by atoms with Gasteiger partial charge in [0.2, 0.25) is 0 Å². The summed E-state index contributed by atoms with van der Waals surface area (Å²) in [7, 11) is 5.59. The van der Waals surface area contributed by atoms with Crippen molar-refractivity contribution in [2.75, 3.05) is 0 Å². The number of carbonyl (C=O) groups excluding carboxylic acids is 1. The van der Waals surface area contributed by atoms with E-state index in [0.29, 0.717) is 10.5 Å². The number of phenols is 1. The molecule has 0 unspecified atom stereocenters. The fourth-order valence-electron chi connectivity index (χ4n) is 1.62. The Bertz CT molecular complexity index is 650. The molecule has 0 aliphatic heterocycles. The van der Waals surface area contributed by atoms with Gasteiger partial charge in [0.1, 0.15) is 13.6 Å². The summed E-state index contributed by atoms with van der Waals surface area (Å²) in [6, 6.07) is 11.5. The molecule has 0 bridgehead atoms.